The van der Waals surface area contributed by atoms with Gasteiger partial charge in [-0.1, -0.05) is 6.58 Å². The number of aryl methyl sites for hydroxylation is 1. The Kier molecular flexibility index (Phi) is 1.43. The van der Waals surface area contributed by atoms with Crippen LogP contribution in [0.4, 0.5) is 0 Å². The molecule has 0 amide bonds. The van der Waals surface area contributed by atoms with Crippen LogP contribution in [0.3, 0.4) is 0 Å². The predicted molar refractivity (Wildman–Crippen MR) is 47.8 cm³/mol. The van der Waals surface area contributed by atoms with Crippen molar-refractivity contribution >= 4 is 11.7 Å². The maximum absolute atomic E-state index is 4.29. The molecule has 0 bridgehead atoms. The summed E-state index contributed by atoms with van der Waals surface area (Å²) >= 11 is 0. The van der Waals surface area contributed by atoms with Crippen LogP contribution < -0.4 is 0 Å². The van der Waals surface area contributed by atoms with Gasteiger partial charge < -0.3 is 0 Å². The zero-order valence-electron chi connectivity index (χ0n) is 6.86. The van der Waals surface area contributed by atoms with Gasteiger partial charge in [0.1, 0.15) is 0 Å². The van der Waals surface area contributed by atoms with Crippen molar-refractivity contribution in [1.29, 1.82) is 0 Å². The van der Waals surface area contributed by atoms with Crippen molar-refractivity contribution in [3.8, 4) is 0 Å². The number of imidazole rings is 1. The lowest BCUT2D eigenvalue weighted by Gasteiger charge is -1.95. The van der Waals surface area contributed by atoms with Crippen molar-refractivity contribution in [3.63, 3.8) is 0 Å². The van der Waals surface area contributed by atoms with E-state index in [1.54, 1.807) is 16.8 Å². The largest absolute Gasteiger partial charge is 0.235 e. The Bertz CT molecular complexity index is 428. The van der Waals surface area contributed by atoms with Crippen molar-refractivity contribution in [2.24, 2.45) is 0 Å². The highest BCUT2D eigenvalue weighted by Gasteiger charge is 1.99. The molecular weight excluding hydrogens is 150 g/mol. The highest BCUT2D eigenvalue weighted by molar-refractivity contribution is 5.49. The van der Waals surface area contributed by atoms with Crippen molar-refractivity contribution in [2.75, 3.05) is 0 Å². The molecule has 0 radical (unpaired) electrons. The highest BCUT2D eigenvalue weighted by atomic mass is 15.3. The predicted octanol–water partition coefficient (Wildman–Crippen LogP) is 1.68. The first kappa shape index (κ1) is 7.03. The number of hydrogen-bond donors (Lipinski definition) is 0. The van der Waals surface area contributed by atoms with Gasteiger partial charge in [0.25, 0.3) is 0 Å². The van der Waals surface area contributed by atoms with E-state index in [1.165, 1.54) is 0 Å². The first-order chi connectivity index (χ1) is 5.81. The summed E-state index contributed by atoms with van der Waals surface area (Å²) in [5.74, 6) is 0. The van der Waals surface area contributed by atoms with E-state index in [4.69, 9.17) is 0 Å². The van der Waals surface area contributed by atoms with E-state index in [0.29, 0.717) is 0 Å². The van der Waals surface area contributed by atoms with Gasteiger partial charge in [0.15, 0.2) is 5.65 Å². The van der Waals surface area contributed by atoms with Gasteiger partial charge in [0, 0.05) is 0 Å². The summed E-state index contributed by atoms with van der Waals surface area (Å²) < 4.78 is 1.78. The molecule has 0 fully saturated rings. The van der Waals surface area contributed by atoms with Crippen LogP contribution in [0.25, 0.3) is 11.7 Å². The SMILES string of the molecule is C=Cc1cnc2ccc(C)nn12. The van der Waals surface area contributed by atoms with Crippen LogP contribution >= 0.6 is 0 Å². The van der Waals surface area contributed by atoms with E-state index in [0.717, 1.165) is 17.0 Å². The summed E-state index contributed by atoms with van der Waals surface area (Å²) in [6, 6.07) is 3.88. The topological polar surface area (TPSA) is 30.2 Å². The third kappa shape index (κ3) is 0.906. The number of hydrogen-bond acceptors (Lipinski definition) is 2. The van der Waals surface area contributed by atoms with Crippen molar-refractivity contribution in [1.82, 2.24) is 14.6 Å². The average Bonchev–Trinajstić information content (AvgIpc) is 2.46. The normalized spacial score (nSPS) is 10.4. The van der Waals surface area contributed by atoms with Gasteiger partial charge in [-0.2, -0.15) is 5.10 Å². The summed E-state index contributed by atoms with van der Waals surface area (Å²) in [6.45, 7) is 5.63. The van der Waals surface area contributed by atoms with Crippen LogP contribution in [0.15, 0.2) is 24.9 Å². The summed E-state index contributed by atoms with van der Waals surface area (Å²) in [5, 5.41) is 4.29. The van der Waals surface area contributed by atoms with Crippen LogP contribution in [0.5, 0.6) is 0 Å². The van der Waals surface area contributed by atoms with Crippen LogP contribution in [0.2, 0.25) is 0 Å². The third-order valence-corrected chi connectivity index (χ3v) is 1.73. The fourth-order valence-electron chi connectivity index (χ4n) is 1.12. The standard InChI is InChI=1S/C9H9N3/c1-3-8-6-10-9-5-4-7(2)11-12(8)9/h3-6H,1H2,2H3. The fourth-order valence-corrected chi connectivity index (χ4v) is 1.12. The Labute approximate surface area is 70.4 Å². The molecule has 2 heterocycles. The molecule has 60 valence electrons. The van der Waals surface area contributed by atoms with E-state index in [1.807, 2.05) is 19.1 Å². The zero-order chi connectivity index (χ0) is 8.55. The molecule has 0 unspecified atom stereocenters. The van der Waals surface area contributed by atoms with E-state index < -0.39 is 0 Å². The summed E-state index contributed by atoms with van der Waals surface area (Å²) in [6.07, 6.45) is 3.50. The van der Waals surface area contributed by atoms with Crippen molar-refractivity contribution < 1.29 is 0 Å². The second-order valence-electron chi connectivity index (χ2n) is 2.63. The highest BCUT2D eigenvalue weighted by Crippen LogP contribution is 2.05. The smallest absolute Gasteiger partial charge is 0.154 e. The lowest BCUT2D eigenvalue weighted by molar-refractivity contribution is 0.893. The molecule has 0 aliphatic heterocycles. The molecule has 0 aromatic carbocycles. The lowest BCUT2D eigenvalue weighted by Crippen LogP contribution is -1.94. The molecule has 2 aromatic heterocycles. The number of fused-ring (bicyclic) bond motifs is 1. The maximum atomic E-state index is 4.29. The van der Waals surface area contributed by atoms with Gasteiger partial charge in [-0.05, 0) is 25.1 Å². The van der Waals surface area contributed by atoms with Crippen molar-refractivity contribution in [3.05, 3.63) is 36.3 Å². The molecule has 0 spiro atoms. The molecule has 0 aliphatic carbocycles. The summed E-state index contributed by atoms with van der Waals surface area (Å²) in [7, 11) is 0. The van der Waals surface area contributed by atoms with Gasteiger partial charge in [0.05, 0.1) is 17.6 Å². The molecule has 0 aliphatic rings. The minimum atomic E-state index is 0.857. The third-order valence-electron chi connectivity index (χ3n) is 1.73. The summed E-state index contributed by atoms with van der Waals surface area (Å²) in [4.78, 5) is 4.16. The zero-order valence-corrected chi connectivity index (χ0v) is 6.86. The van der Waals surface area contributed by atoms with Gasteiger partial charge in [0.2, 0.25) is 0 Å². The van der Waals surface area contributed by atoms with E-state index in [2.05, 4.69) is 16.7 Å². The van der Waals surface area contributed by atoms with Crippen LogP contribution in [0, 0.1) is 6.92 Å². The molecule has 0 atom stereocenters. The lowest BCUT2D eigenvalue weighted by atomic mass is 10.4. The Morgan fingerprint density at radius 3 is 3.08 bits per heavy atom. The molecule has 2 aromatic rings. The molecule has 12 heavy (non-hydrogen) atoms. The Hall–Kier alpha value is -1.64. The maximum Gasteiger partial charge on any atom is 0.154 e. The van der Waals surface area contributed by atoms with Gasteiger partial charge in [-0.25, -0.2) is 9.50 Å². The molecule has 0 N–H and O–H groups in total. The fraction of sp³-hybridized carbons (Fsp3) is 0.111. The van der Waals surface area contributed by atoms with E-state index in [9.17, 15) is 0 Å². The second-order valence-corrected chi connectivity index (χ2v) is 2.63. The Morgan fingerprint density at radius 2 is 2.33 bits per heavy atom. The van der Waals surface area contributed by atoms with Gasteiger partial charge in [-0.15, -0.1) is 0 Å². The molecule has 2 rings (SSSR count). The first-order valence-electron chi connectivity index (χ1n) is 3.75. The number of rotatable bonds is 1. The minimum Gasteiger partial charge on any atom is -0.235 e. The summed E-state index contributed by atoms with van der Waals surface area (Å²) in [5.41, 5.74) is 2.76. The van der Waals surface area contributed by atoms with Crippen molar-refractivity contribution in [2.45, 2.75) is 6.92 Å². The van der Waals surface area contributed by atoms with E-state index >= 15 is 0 Å². The van der Waals surface area contributed by atoms with E-state index in [-0.39, 0.29) is 0 Å². The van der Waals surface area contributed by atoms with Crippen LogP contribution in [0.1, 0.15) is 11.4 Å². The number of aromatic nitrogens is 3. The van der Waals surface area contributed by atoms with Gasteiger partial charge >= 0.3 is 0 Å². The molecule has 3 heteroatoms. The molecule has 0 saturated carbocycles. The van der Waals surface area contributed by atoms with Crippen LogP contribution in [-0.4, -0.2) is 14.6 Å². The Balaban J connectivity index is 2.83. The average molecular weight is 159 g/mol. The first-order valence-corrected chi connectivity index (χ1v) is 3.75. The second kappa shape index (κ2) is 2.44. The number of nitrogens with zero attached hydrogens (tertiary/aromatic N) is 3. The molecular formula is C9H9N3. The Morgan fingerprint density at radius 1 is 1.50 bits per heavy atom. The molecule has 0 saturated heterocycles. The van der Waals surface area contributed by atoms with Crippen LogP contribution in [-0.2, 0) is 0 Å². The van der Waals surface area contributed by atoms with Gasteiger partial charge in [-0.3, -0.25) is 0 Å². The minimum absolute atomic E-state index is 0.857. The molecule has 3 nitrogen and oxygen atoms in total. The quantitative estimate of drug-likeness (QED) is 0.633. The monoisotopic (exact) mass is 159 g/mol.